The molecule has 0 bridgehead atoms. The van der Waals surface area contributed by atoms with Crippen LogP contribution in [-0.2, 0) is 4.74 Å². The van der Waals surface area contributed by atoms with E-state index in [1.807, 2.05) is 25.1 Å². The van der Waals surface area contributed by atoms with Crippen molar-refractivity contribution >= 4 is 11.6 Å². The number of aliphatic hydroxyl groups excluding tert-OH is 1. The second-order valence-electron chi connectivity index (χ2n) is 3.05. The molecule has 0 amide bonds. The summed E-state index contributed by atoms with van der Waals surface area (Å²) in [5.74, 6) is 0.773. The van der Waals surface area contributed by atoms with Crippen LogP contribution in [0.5, 0.6) is 5.75 Å². The molecule has 1 aromatic carbocycles. The summed E-state index contributed by atoms with van der Waals surface area (Å²) in [7, 11) is 0. The molecular weight excluding hydrogens is 216 g/mol. The van der Waals surface area contributed by atoms with Crippen molar-refractivity contribution in [3.05, 3.63) is 28.8 Å². The molecule has 3 nitrogen and oxygen atoms in total. The second-order valence-corrected chi connectivity index (χ2v) is 3.45. The summed E-state index contributed by atoms with van der Waals surface area (Å²) >= 11 is 5.93. The third-order valence-electron chi connectivity index (χ3n) is 1.94. The molecule has 0 atom stereocenters. The van der Waals surface area contributed by atoms with Crippen molar-refractivity contribution < 1.29 is 14.6 Å². The summed E-state index contributed by atoms with van der Waals surface area (Å²) in [6.07, 6.45) is 0. The molecule has 0 radical (unpaired) electrons. The highest BCUT2D eigenvalue weighted by atomic mass is 35.5. The van der Waals surface area contributed by atoms with Crippen molar-refractivity contribution in [3.63, 3.8) is 0 Å². The normalized spacial score (nSPS) is 10.3. The molecule has 0 spiro atoms. The average molecular weight is 231 g/mol. The van der Waals surface area contributed by atoms with E-state index < -0.39 is 0 Å². The largest absolute Gasteiger partial charge is 0.491 e. The summed E-state index contributed by atoms with van der Waals surface area (Å²) in [4.78, 5) is 0. The molecule has 0 saturated heterocycles. The minimum Gasteiger partial charge on any atom is -0.491 e. The molecule has 84 valence electrons. The van der Waals surface area contributed by atoms with E-state index in [-0.39, 0.29) is 6.61 Å². The van der Waals surface area contributed by atoms with E-state index in [1.165, 1.54) is 0 Å². The first-order chi connectivity index (χ1) is 7.25. The maximum atomic E-state index is 8.48. The van der Waals surface area contributed by atoms with Gasteiger partial charge in [0, 0.05) is 10.6 Å². The first-order valence-corrected chi connectivity index (χ1v) is 5.20. The lowest BCUT2D eigenvalue weighted by Gasteiger charge is -2.09. The predicted molar refractivity (Wildman–Crippen MR) is 59.6 cm³/mol. The van der Waals surface area contributed by atoms with Gasteiger partial charge in [-0.3, -0.25) is 0 Å². The van der Waals surface area contributed by atoms with Crippen LogP contribution < -0.4 is 4.74 Å². The molecule has 0 fully saturated rings. The van der Waals surface area contributed by atoms with E-state index in [0.29, 0.717) is 24.8 Å². The Labute approximate surface area is 94.6 Å². The number of hydrogen-bond acceptors (Lipinski definition) is 3. The molecule has 0 saturated carbocycles. The summed E-state index contributed by atoms with van der Waals surface area (Å²) in [5, 5.41) is 9.18. The number of aliphatic hydroxyl groups is 1. The van der Waals surface area contributed by atoms with E-state index in [2.05, 4.69) is 0 Å². The fourth-order valence-corrected chi connectivity index (χ4v) is 1.29. The molecule has 0 heterocycles. The van der Waals surface area contributed by atoms with Gasteiger partial charge in [0.15, 0.2) is 0 Å². The molecule has 1 aromatic rings. The third-order valence-corrected chi connectivity index (χ3v) is 2.35. The average Bonchev–Trinajstić information content (AvgIpc) is 2.24. The minimum atomic E-state index is 0.0379. The van der Waals surface area contributed by atoms with Crippen molar-refractivity contribution in [2.24, 2.45) is 0 Å². The van der Waals surface area contributed by atoms with Gasteiger partial charge in [-0.2, -0.15) is 0 Å². The topological polar surface area (TPSA) is 38.7 Å². The Balaban J connectivity index is 2.34. The van der Waals surface area contributed by atoms with Gasteiger partial charge in [-0.1, -0.05) is 17.7 Å². The maximum Gasteiger partial charge on any atom is 0.123 e. The van der Waals surface area contributed by atoms with E-state index >= 15 is 0 Å². The molecule has 0 unspecified atom stereocenters. The van der Waals surface area contributed by atoms with Crippen molar-refractivity contribution in [3.8, 4) is 5.75 Å². The Morgan fingerprint density at radius 3 is 2.80 bits per heavy atom. The van der Waals surface area contributed by atoms with E-state index in [4.69, 9.17) is 26.2 Å². The molecule has 1 rings (SSSR count). The number of benzene rings is 1. The number of halogens is 1. The van der Waals surface area contributed by atoms with E-state index in [0.717, 1.165) is 11.3 Å². The van der Waals surface area contributed by atoms with Gasteiger partial charge in [0.25, 0.3) is 0 Å². The van der Waals surface area contributed by atoms with Crippen LogP contribution in [0.3, 0.4) is 0 Å². The fourth-order valence-electron chi connectivity index (χ4n) is 1.12. The number of hydrogen-bond donors (Lipinski definition) is 1. The number of rotatable bonds is 6. The van der Waals surface area contributed by atoms with Crippen LogP contribution in [0.4, 0.5) is 0 Å². The van der Waals surface area contributed by atoms with Crippen molar-refractivity contribution in [1.29, 1.82) is 0 Å². The zero-order chi connectivity index (χ0) is 11.1. The van der Waals surface area contributed by atoms with Gasteiger partial charge in [-0.25, -0.2) is 0 Å². The van der Waals surface area contributed by atoms with Gasteiger partial charge in [-0.05, 0) is 19.1 Å². The second kappa shape index (κ2) is 6.67. The summed E-state index contributed by atoms with van der Waals surface area (Å²) < 4.78 is 10.5. The Morgan fingerprint density at radius 1 is 1.27 bits per heavy atom. The van der Waals surface area contributed by atoms with Crippen LogP contribution in [0.2, 0.25) is 5.02 Å². The lowest BCUT2D eigenvalue weighted by Crippen LogP contribution is -2.09. The zero-order valence-electron chi connectivity index (χ0n) is 8.70. The van der Waals surface area contributed by atoms with Crippen LogP contribution in [0.1, 0.15) is 5.56 Å². The van der Waals surface area contributed by atoms with Crippen LogP contribution in [-0.4, -0.2) is 31.5 Å². The standard InChI is InChI=1S/C11H15ClO3/c1-9-10(12)3-2-4-11(9)15-8-7-14-6-5-13/h2-4,13H,5-8H2,1H3. The Kier molecular flexibility index (Phi) is 5.47. The Bertz CT molecular complexity index is 302. The van der Waals surface area contributed by atoms with E-state index in [9.17, 15) is 0 Å². The van der Waals surface area contributed by atoms with Crippen molar-refractivity contribution in [2.45, 2.75) is 6.92 Å². The lowest BCUT2D eigenvalue weighted by molar-refractivity contribution is 0.0704. The predicted octanol–water partition coefficient (Wildman–Crippen LogP) is 2.04. The van der Waals surface area contributed by atoms with E-state index in [1.54, 1.807) is 0 Å². The van der Waals surface area contributed by atoms with Gasteiger partial charge >= 0.3 is 0 Å². The highest BCUT2D eigenvalue weighted by Crippen LogP contribution is 2.24. The first kappa shape index (κ1) is 12.3. The molecule has 1 N–H and O–H groups in total. The maximum absolute atomic E-state index is 8.48. The summed E-state index contributed by atoms with van der Waals surface area (Å²) in [6, 6.07) is 5.54. The summed E-state index contributed by atoms with van der Waals surface area (Å²) in [6.45, 7) is 3.22. The monoisotopic (exact) mass is 230 g/mol. The third kappa shape index (κ3) is 4.08. The molecule has 4 heteroatoms. The molecule has 15 heavy (non-hydrogen) atoms. The Hall–Kier alpha value is -0.770. The zero-order valence-corrected chi connectivity index (χ0v) is 9.46. The van der Waals surface area contributed by atoms with Crippen LogP contribution in [0, 0.1) is 6.92 Å². The molecule has 0 aliphatic heterocycles. The quantitative estimate of drug-likeness (QED) is 0.761. The van der Waals surface area contributed by atoms with Gasteiger partial charge in [0.1, 0.15) is 12.4 Å². The smallest absolute Gasteiger partial charge is 0.123 e. The van der Waals surface area contributed by atoms with Gasteiger partial charge in [0.2, 0.25) is 0 Å². The fraction of sp³-hybridized carbons (Fsp3) is 0.455. The van der Waals surface area contributed by atoms with Crippen molar-refractivity contribution in [1.82, 2.24) is 0 Å². The van der Waals surface area contributed by atoms with Crippen molar-refractivity contribution in [2.75, 3.05) is 26.4 Å². The molecular formula is C11H15ClO3. The number of ether oxygens (including phenoxy) is 2. The van der Waals surface area contributed by atoms with Gasteiger partial charge in [-0.15, -0.1) is 0 Å². The Morgan fingerprint density at radius 2 is 2.07 bits per heavy atom. The van der Waals surface area contributed by atoms with Crippen LogP contribution >= 0.6 is 11.6 Å². The molecule has 0 aromatic heterocycles. The first-order valence-electron chi connectivity index (χ1n) is 4.82. The molecule has 0 aliphatic rings. The summed E-state index contributed by atoms with van der Waals surface area (Å²) in [5.41, 5.74) is 0.932. The van der Waals surface area contributed by atoms with Gasteiger partial charge < -0.3 is 14.6 Å². The minimum absolute atomic E-state index is 0.0379. The van der Waals surface area contributed by atoms with Gasteiger partial charge in [0.05, 0.1) is 19.8 Å². The SMILES string of the molecule is Cc1c(Cl)cccc1OCCOCCO. The van der Waals surface area contributed by atoms with Crippen LogP contribution in [0.25, 0.3) is 0 Å². The lowest BCUT2D eigenvalue weighted by atomic mass is 10.2. The highest BCUT2D eigenvalue weighted by molar-refractivity contribution is 6.31. The molecule has 0 aliphatic carbocycles. The van der Waals surface area contributed by atoms with Crippen LogP contribution in [0.15, 0.2) is 18.2 Å². The highest BCUT2D eigenvalue weighted by Gasteiger charge is 2.02.